The molecule has 2 rings (SSSR count). The zero-order chi connectivity index (χ0) is 14.7. The van der Waals surface area contributed by atoms with Gasteiger partial charge in [-0.2, -0.15) is 0 Å². The molecule has 0 heterocycles. The van der Waals surface area contributed by atoms with Crippen LogP contribution >= 0.6 is 11.8 Å². The highest BCUT2D eigenvalue weighted by molar-refractivity contribution is 7.99. The van der Waals surface area contributed by atoms with Crippen molar-refractivity contribution in [2.45, 2.75) is 9.79 Å². The molecule has 0 unspecified atom stereocenters. The first-order chi connectivity index (χ1) is 9.50. The Labute approximate surface area is 117 Å². The van der Waals surface area contributed by atoms with E-state index in [-0.39, 0.29) is 10.6 Å². The molecule has 102 valence electrons. The summed E-state index contributed by atoms with van der Waals surface area (Å²) in [6.45, 7) is 0. The van der Waals surface area contributed by atoms with E-state index in [1.54, 1.807) is 12.1 Å². The zero-order valence-electron chi connectivity index (χ0n) is 9.98. The maximum Gasteiger partial charge on any atom is 0.342 e. The van der Waals surface area contributed by atoms with Gasteiger partial charge in [-0.1, -0.05) is 41.8 Å². The smallest absolute Gasteiger partial charge is 0.342 e. The molecule has 0 fully saturated rings. The van der Waals surface area contributed by atoms with E-state index >= 15 is 0 Å². The molecule has 7 heteroatoms. The van der Waals surface area contributed by atoms with Crippen LogP contribution in [-0.4, -0.2) is 16.0 Å². The Morgan fingerprint density at radius 2 is 1.75 bits per heavy atom. The fourth-order valence-corrected chi connectivity index (χ4v) is 2.60. The van der Waals surface area contributed by atoms with Gasteiger partial charge in [0.15, 0.2) is 0 Å². The highest BCUT2D eigenvalue weighted by Gasteiger charge is 2.24. The summed E-state index contributed by atoms with van der Waals surface area (Å²) in [5, 5.41) is 31.7. The number of nitro groups is 1. The number of carboxylic acid groups (broad SMARTS) is 1. The lowest BCUT2D eigenvalue weighted by Crippen LogP contribution is -2.03. The van der Waals surface area contributed by atoms with Crippen molar-refractivity contribution in [1.29, 1.82) is 0 Å². The largest absolute Gasteiger partial charge is 0.872 e. The lowest BCUT2D eigenvalue weighted by atomic mass is 10.2. The molecule has 2 aromatic carbocycles. The van der Waals surface area contributed by atoms with Crippen molar-refractivity contribution in [2.75, 3.05) is 0 Å². The second kappa shape index (κ2) is 5.62. The number of carbonyl (C=O) groups is 1. The second-order valence-electron chi connectivity index (χ2n) is 3.76. The first-order valence-electron chi connectivity index (χ1n) is 5.45. The topological polar surface area (TPSA) is 104 Å². The molecule has 6 nitrogen and oxygen atoms in total. The summed E-state index contributed by atoms with van der Waals surface area (Å²) in [4.78, 5) is 21.8. The van der Waals surface area contributed by atoms with Crippen molar-refractivity contribution in [2.24, 2.45) is 0 Å². The SMILES string of the molecule is O=C(O)c1cccc(Sc2ccccc2[O-])c1[N+](=O)[O-]. The Hall–Kier alpha value is -2.54. The molecule has 0 radical (unpaired) electrons. The van der Waals surface area contributed by atoms with Crippen molar-refractivity contribution >= 4 is 23.4 Å². The van der Waals surface area contributed by atoms with Gasteiger partial charge in [0.2, 0.25) is 0 Å². The Bertz CT molecular complexity index is 686. The van der Waals surface area contributed by atoms with Crippen LogP contribution in [0.2, 0.25) is 0 Å². The number of para-hydroxylation sites is 2. The van der Waals surface area contributed by atoms with Crippen LogP contribution in [0.15, 0.2) is 52.3 Å². The predicted molar refractivity (Wildman–Crippen MR) is 70.1 cm³/mol. The molecular formula is C13H8NO5S-. The van der Waals surface area contributed by atoms with Crippen LogP contribution in [0.25, 0.3) is 0 Å². The van der Waals surface area contributed by atoms with Gasteiger partial charge in [0.25, 0.3) is 5.69 Å². The van der Waals surface area contributed by atoms with Gasteiger partial charge in [-0.25, -0.2) is 4.79 Å². The minimum Gasteiger partial charge on any atom is -0.872 e. The van der Waals surface area contributed by atoms with Gasteiger partial charge >= 0.3 is 5.97 Å². The van der Waals surface area contributed by atoms with Crippen LogP contribution in [0.3, 0.4) is 0 Å². The average Bonchev–Trinajstić information content (AvgIpc) is 2.40. The van der Waals surface area contributed by atoms with E-state index in [0.717, 1.165) is 17.8 Å². The standard InChI is InChI=1S/C13H9NO5S/c15-9-5-1-2-6-10(9)20-11-7-3-4-8(13(16)17)12(11)14(18)19/h1-7,15H,(H,16,17)/p-1. The van der Waals surface area contributed by atoms with Gasteiger partial charge in [0.1, 0.15) is 5.56 Å². The quantitative estimate of drug-likeness (QED) is 0.685. The van der Waals surface area contributed by atoms with E-state index in [1.165, 1.54) is 24.3 Å². The maximum absolute atomic E-state index is 11.6. The molecule has 0 spiro atoms. The van der Waals surface area contributed by atoms with Crippen LogP contribution in [0, 0.1) is 10.1 Å². The summed E-state index contributed by atoms with van der Waals surface area (Å²) >= 11 is 0.883. The van der Waals surface area contributed by atoms with Gasteiger partial charge < -0.3 is 10.2 Å². The van der Waals surface area contributed by atoms with Crippen LogP contribution in [0.4, 0.5) is 5.69 Å². The summed E-state index contributed by atoms with van der Waals surface area (Å²) in [5.74, 6) is -1.65. The molecule has 20 heavy (non-hydrogen) atoms. The number of rotatable bonds is 4. The summed E-state index contributed by atoms with van der Waals surface area (Å²) in [6.07, 6.45) is 0. The third-order valence-electron chi connectivity index (χ3n) is 2.48. The minimum atomic E-state index is -1.38. The maximum atomic E-state index is 11.6. The van der Waals surface area contributed by atoms with E-state index in [0.29, 0.717) is 4.90 Å². The number of hydrogen-bond acceptors (Lipinski definition) is 5. The number of carboxylic acids is 1. The monoisotopic (exact) mass is 290 g/mol. The summed E-state index contributed by atoms with van der Waals surface area (Å²) in [7, 11) is 0. The summed E-state index contributed by atoms with van der Waals surface area (Å²) in [6, 6.07) is 10.1. The minimum absolute atomic E-state index is 0.123. The first-order valence-corrected chi connectivity index (χ1v) is 6.27. The number of benzene rings is 2. The zero-order valence-corrected chi connectivity index (χ0v) is 10.8. The third-order valence-corrected chi connectivity index (χ3v) is 3.59. The molecule has 0 saturated heterocycles. The van der Waals surface area contributed by atoms with Crippen LogP contribution in [0.5, 0.6) is 5.75 Å². The lowest BCUT2D eigenvalue weighted by molar-refractivity contribution is -0.388. The average molecular weight is 290 g/mol. The fraction of sp³-hybridized carbons (Fsp3) is 0. The predicted octanol–water partition coefficient (Wildman–Crippen LogP) is 2.52. The van der Waals surface area contributed by atoms with Crippen molar-refractivity contribution < 1.29 is 19.9 Å². The van der Waals surface area contributed by atoms with E-state index in [2.05, 4.69) is 0 Å². The van der Waals surface area contributed by atoms with Crippen LogP contribution in [-0.2, 0) is 0 Å². The Kier molecular flexibility index (Phi) is 3.90. The number of nitrogens with zero attached hydrogens (tertiary/aromatic N) is 1. The van der Waals surface area contributed by atoms with E-state index < -0.39 is 22.1 Å². The molecule has 0 saturated carbocycles. The summed E-state index contributed by atoms with van der Waals surface area (Å²) < 4.78 is 0. The highest BCUT2D eigenvalue weighted by atomic mass is 32.2. The second-order valence-corrected chi connectivity index (χ2v) is 4.85. The molecule has 0 atom stereocenters. The third kappa shape index (κ3) is 2.72. The van der Waals surface area contributed by atoms with Gasteiger partial charge in [-0.05, 0) is 18.2 Å². The van der Waals surface area contributed by atoms with Crippen molar-refractivity contribution in [1.82, 2.24) is 0 Å². The molecule has 0 aromatic heterocycles. The lowest BCUT2D eigenvalue weighted by Gasteiger charge is -2.12. The Balaban J connectivity index is 2.52. The molecule has 0 aliphatic carbocycles. The Morgan fingerprint density at radius 3 is 2.35 bits per heavy atom. The number of nitro benzene ring substituents is 1. The molecule has 0 bridgehead atoms. The van der Waals surface area contributed by atoms with Crippen molar-refractivity contribution in [3.05, 3.63) is 58.1 Å². The number of aromatic carboxylic acids is 1. The van der Waals surface area contributed by atoms with Gasteiger partial charge in [0, 0.05) is 4.90 Å². The van der Waals surface area contributed by atoms with Gasteiger partial charge in [0.05, 0.1) is 9.82 Å². The van der Waals surface area contributed by atoms with Crippen molar-refractivity contribution in [3.8, 4) is 5.75 Å². The van der Waals surface area contributed by atoms with E-state index in [4.69, 9.17) is 5.11 Å². The Morgan fingerprint density at radius 1 is 1.10 bits per heavy atom. The highest BCUT2D eigenvalue weighted by Crippen LogP contribution is 2.39. The molecule has 0 aliphatic rings. The normalized spacial score (nSPS) is 10.2. The van der Waals surface area contributed by atoms with E-state index in [1.807, 2.05) is 0 Å². The molecule has 0 amide bonds. The van der Waals surface area contributed by atoms with Crippen LogP contribution in [0.1, 0.15) is 10.4 Å². The van der Waals surface area contributed by atoms with Crippen LogP contribution < -0.4 is 5.11 Å². The first kappa shape index (κ1) is 13.9. The molecular weight excluding hydrogens is 282 g/mol. The summed E-state index contributed by atoms with van der Waals surface area (Å²) in [5.41, 5.74) is -0.906. The molecule has 2 aromatic rings. The molecule has 0 aliphatic heterocycles. The van der Waals surface area contributed by atoms with Gasteiger partial charge in [-0.15, -0.1) is 0 Å². The van der Waals surface area contributed by atoms with Gasteiger partial charge in [-0.3, -0.25) is 10.1 Å². The van der Waals surface area contributed by atoms with E-state index in [9.17, 15) is 20.0 Å². The molecule has 1 N–H and O–H groups in total. The van der Waals surface area contributed by atoms with Crippen molar-refractivity contribution in [3.63, 3.8) is 0 Å². The fourth-order valence-electron chi connectivity index (χ4n) is 1.62. The number of hydrogen-bond donors (Lipinski definition) is 1.